The lowest BCUT2D eigenvalue weighted by Crippen LogP contribution is -2.32. The van der Waals surface area contributed by atoms with Gasteiger partial charge in [-0.2, -0.15) is 0 Å². The van der Waals surface area contributed by atoms with Gasteiger partial charge in [0.1, 0.15) is 11.5 Å². The highest BCUT2D eigenvalue weighted by atomic mass is 16.3. The lowest BCUT2D eigenvalue weighted by atomic mass is 10.2. The van der Waals surface area contributed by atoms with E-state index in [1.807, 2.05) is 0 Å². The monoisotopic (exact) mass is 278 g/mol. The number of benzene rings is 1. The molecule has 0 saturated carbocycles. The minimum atomic E-state index is -0.461. The summed E-state index contributed by atoms with van der Waals surface area (Å²) in [5, 5.41) is 21.3. The van der Waals surface area contributed by atoms with E-state index in [2.05, 4.69) is 5.32 Å². The summed E-state index contributed by atoms with van der Waals surface area (Å²) >= 11 is 0. The lowest BCUT2D eigenvalue weighted by molar-refractivity contribution is -0.129. The number of phenols is 2. The summed E-state index contributed by atoms with van der Waals surface area (Å²) in [7, 11) is 0. The molecule has 0 aliphatic carbocycles. The number of carbonyl (C=O) groups excluding carboxylic acids is 2. The normalized spacial score (nSPS) is 14.3. The quantitative estimate of drug-likeness (QED) is 0.761. The number of rotatable bonds is 4. The average Bonchev–Trinajstić information content (AvgIpc) is 2.92. The van der Waals surface area contributed by atoms with Gasteiger partial charge in [-0.15, -0.1) is 0 Å². The SMILES string of the molecule is O=C(NCCC(=O)N1CCCC1)c1ccc(O)cc1O. The van der Waals surface area contributed by atoms with Crippen LogP contribution < -0.4 is 5.32 Å². The molecule has 0 spiro atoms. The standard InChI is InChI=1S/C14H18N2O4/c17-10-3-4-11(12(18)9-10)14(20)15-6-5-13(19)16-7-1-2-8-16/h3-4,9,17-18H,1-2,5-8H2,(H,15,20). The fourth-order valence-corrected chi connectivity index (χ4v) is 2.21. The van der Waals surface area contributed by atoms with E-state index in [4.69, 9.17) is 5.11 Å². The van der Waals surface area contributed by atoms with Crippen LogP contribution in [-0.4, -0.2) is 46.6 Å². The maximum Gasteiger partial charge on any atom is 0.255 e. The topological polar surface area (TPSA) is 89.9 Å². The highest BCUT2D eigenvalue weighted by Gasteiger charge is 2.18. The van der Waals surface area contributed by atoms with Crippen LogP contribution in [0.2, 0.25) is 0 Å². The number of nitrogens with one attached hydrogen (secondary N) is 1. The van der Waals surface area contributed by atoms with Crippen LogP contribution in [0.3, 0.4) is 0 Å². The highest BCUT2D eigenvalue weighted by Crippen LogP contribution is 2.22. The maximum absolute atomic E-state index is 11.8. The molecular formula is C14H18N2O4. The zero-order valence-corrected chi connectivity index (χ0v) is 11.1. The molecule has 1 saturated heterocycles. The molecule has 1 aromatic carbocycles. The molecule has 2 rings (SSSR count). The van der Waals surface area contributed by atoms with Gasteiger partial charge in [-0.1, -0.05) is 0 Å². The maximum atomic E-state index is 11.8. The number of carbonyl (C=O) groups is 2. The first-order valence-corrected chi connectivity index (χ1v) is 6.66. The fourth-order valence-electron chi connectivity index (χ4n) is 2.21. The van der Waals surface area contributed by atoms with Crippen molar-refractivity contribution in [2.24, 2.45) is 0 Å². The van der Waals surface area contributed by atoms with E-state index in [1.165, 1.54) is 12.1 Å². The van der Waals surface area contributed by atoms with Crippen LogP contribution in [0.25, 0.3) is 0 Å². The molecule has 20 heavy (non-hydrogen) atoms. The van der Waals surface area contributed by atoms with Gasteiger partial charge in [0.25, 0.3) is 5.91 Å². The number of hydrogen-bond acceptors (Lipinski definition) is 4. The average molecular weight is 278 g/mol. The molecular weight excluding hydrogens is 260 g/mol. The molecule has 6 heteroatoms. The molecule has 1 aliphatic heterocycles. The van der Waals surface area contributed by atoms with Crippen molar-refractivity contribution in [2.75, 3.05) is 19.6 Å². The van der Waals surface area contributed by atoms with Crippen molar-refractivity contribution in [1.29, 1.82) is 0 Å². The summed E-state index contributed by atoms with van der Waals surface area (Å²) in [6.07, 6.45) is 2.34. The zero-order valence-electron chi connectivity index (χ0n) is 11.1. The van der Waals surface area contributed by atoms with E-state index < -0.39 is 5.91 Å². The van der Waals surface area contributed by atoms with Crippen LogP contribution in [0.15, 0.2) is 18.2 Å². The first-order valence-electron chi connectivity index (χ1n) is 6.66. The minimum absolute atomic E-state index is 0.0396. The first kappa shape index (κ1) is 14.2. The Kier molecular flexibility index (Phi) is 4.45. The molecule has 3 N–H and O–H groups in total. The molecule has 0 bridgehead atoms. The Hall–Kier alpha value is -2.24. The van der Waals surface area contributed by atoms with Crippen molar-refractivity contribution in [3.63, 3.8) is 0 Å². The Labute approximate surface area is 117 Å². The van der Waals surface area contributed by atoms with E-state index in [0.717, 1.165) is 32.0 Å². The third kappa shape index (κ3) is 3.40. The fraction of sp³-hybridized carbons (Fsp3) is 0.429. The highest BCUT2D eigenvalue weighted by molar-refractivity contribution is 5.97. The molecule has 108 valence electrons. The van der Waals surface area contributed by atoms with Crippen LogP contribution >= 0.6 is 0 Å². The van der Waals surface area contributed by atoms with Gasteiger partial charge in [0, 0.05) is 32.1 Å². The first-order chi connectivity index (χ1) is 9.58. The molecule has 0 atom stereocenters. The molecule has 6 nitrogen and oxygen atoms in total. The second kappa shape index (κ2) is 6.27. The van der Waals surface area contributed by atoms with Gasteiger partial charge in [-0.05, 0) is 25.0 Å². The number of likely N-dealkylation sites (tertiary alicyclic amines) is 1. The summed E-state index contributed by atoms with van der Waals surface area (Å²) in [5.74, 6) is -0.814. The van der Waals surface area contributed by atoms with Gasteiger partial charge in [-0.3, -0.25) is 9.59 Å². The van der Waals surface area contributed by atoms with Gasteiger partial charge in [0.2, 0.25) is 5.91 Å². The van der Waals surface area contributed by atoms with Crippen molar-refractivity contribution < 1.29 is 19.8 Å². The van der Waals surface area contributed by atoms with Crippen molar-refractivity contribution in [1.82, 2.24) is 10.2 Å². The van der Waals surface area contributed by atoms with Crippen LogP contribution in [0.5, 0.6) is 11.5 Å². The van der Waals surface area contributed by atoms with Crippen molar-refractivity contribution >= 4 is 11.8 Å². The predicted octanol–water partition coefficient (Wildman–Crippen LogP) is 0.840. The lowest BCUT2D eigenvalue weighted by Gasteiger charge is -2.15. The van der Waals surface area contributed by atoms with Crippen LogP contribution in [0.4, 0.5) is 0 Å². The van der Waals surface area contributed by atoms with Crippen molar-refractivity contribution in [3.05, 3.63) is 23.8 Å². The molecule has 1 fully saturated rings. The van der Waals surface area contributed by atoms with Crippen molar-refractivity contribution in [3.8, 4) is 11.5 Å². The molecule has 0 unspecified atom stereocenters. The summed E-state index contributed by atoms with van der Waals surface area (Å²) < 4.78 is 0. The number of phenolic OH excluding ortho intramolecular Hbond substituents is 2. The zero-order chi connectivity index (χ0) is 14.5. The van der Waals surface area contributed by atoms with Gasteiger partial charge in [-0.25, -0.2) is 0 Å². The second-order valence-corrected chi connectivity index (χ2v) is 4.80. The van der Waals surface area contributed by atoms with E-state index in [0.29, 0.717) is 0 Å². The Morgan fingerprint density at radius 3 is 2.55 bits per heavy atom. The Morgan fingerprint density at radius 2 is 1.90 bits per heavy atom. The second-order valence-electron chi connectivity index (χ2n) is 4.80. The smallest absolute Gasteiger partial charge is 0.255 e. The van der Waals surface area contributed by atoms with Crippen LogP contribution in [0, 0.1) is 0 Å². The van der Waals surface area contributed by atoms with Gasteiger partial charge in [0.15, 0.2) is 0 Å². The predicted molar refractivity (Wildman–Crippen MR) is 72.5 cm³/mol. The summed E-state index contributed by atoms with van der Waals surface area (Å²) in [6, 6.07) is 3.76. The molecule has 0 radical (unpaired) electrons. The van der Waals surface area contributed by atoms with Crippen LogP contribution in [0.1, 0.15) is 29.6 Å². The minimum Gasteiger partial charge on any atom is -0.508 e. The van der Waals surface area contributed by atoms with Gasteiger partial charge < -0.3 is 20.4 Å². The third-order valence-corrected chi connectivity index (χ3v) is 3.31. The summed E-state index contributed by atoms with van der Waals surface area (Å²) in [5.41, 5.74) is 0.0800. The number of nitrogens with zero attached hydrogens (tertiary/aromatic N) is 1. The van der Waals surface area contributed by atoms with E-state index in [-0.39, 0.29) is 35.9 Å². The molecule has 0 aromatic heterocycles. The molecule has 1 aliphatic rings. The number of amides is 2. The van der Waals surface area contributed by atoms with Gasteiger partial charge in [0.05, 0.1) is 5.56 Å². The van der Waals surface area contributed by atoms with Crippen LogP contribution in [-0.2, 0) is 4.79 Å². The molecule has 1 heterocycles. The summed E-state index contributed by atoms with van der Waals surface area (Å²) in [6.45, 7) is 1.82. The van der Waals surface area contributed by atoms with E-state index in [1.54, 1.807) is 4.90 Å². The van der Waals surface area contributed by atoms with E-state index in [9.17, 15) is 14.7 Å². The Balaban J connectivity index is 1.81. The number of aromatic hydroxyl groups is 2. The molecule has 1 aromatic rings. The van der Waals surface area contributed by atoms with E-state index >= 15 is 0 Å². The number of hydrogen-bond donors (Lipinski definition) is 3. The Bertz CT molecular complexity index is 510. The molecule has 2 amide bonds. The van der Waals surface area contributed by atoms with Gasteiger partial charge >= 0.3 is 0 Å². The summed E-state index contributed by atoms with van der Waals surface area (Å²) in [4.78, 5) is 25.4. The third-order valence-electron chi connectivity index (χ3n) is 3.31. The Morgan fingerprint density at radius 1 is 1.20 bits per heavy atom. The largest absolute Gasteiger partial charge is 0.508 e. The van der Waals surface area contributed by atoms with Crippen molar-refractivity contribution in [2.45, 2.75) is 19.3 Å².